The molecule has 1 unspecified atom stereocenters. The number of nitrogens with one attached hydrogen (secondary N) is 2. The molecular weight excluding hydrogens is 542 g/mol. The predicted molar refractivity (Wildman–Crippen MR) is 146 cm³/mol. The normalized spacial score (nSPS) is 25.6. The van der Waals surface area contributed by atoms with Gasteiger partial charge in [0.15, 0.2) is 5.96 Å². The van der Waals surface area contributed by atoms with Crippen LogP contribution in [0, 0.1) is 29.0 Å². The van der Waals surface area contributed by atoms with Crippen LogP contribution in [0.2, 0.25) is 0 Å². The molecule has 6 rings (SSSR count). The molecule has 4 bridgehead atoms. The summed E-state index contributed by atoms with van der Waals surface area (Å²) >= 11 is 0. The standard InChI is InChI=1S/C28H34FN3O2.C2HF3O2/c1-18(13-28-14-20-10-21(15-28)12-22(11-20)16-28)31-27(30-17-19-2-6-24(29)7-3-19)32-25-8-4-23(5-9-25)26(33)34;3-2(4,5)1(6)7/h2-9,18,20-22H,10-17H2,1H3,(H,33,34)(H2,30,31,32);(H,6,7). The van der Waals surface area contributed by atoms with Crippen molar-refractivity contribution in [1.82, 2.24) is 5.32 Å². The van der Waals surface area contributed by atoms with Gasteiger partial charge in [-0.2, -0.15) is 13.2 Å². The number of guanidine groups is 1. The molecule has 0 radical (unpaired) electrons. The molecule has 0 amide bonds. The number of benzene rings is 2. The minimum atomic E-state index is -5.08. The van der Waals surface area contributed by atoms with Gasteiger partial charge in [-0.05, 0) is 117 Å². The van der Waals surface area contributed by atoms with Crippen molar-refractivity contribution in [3.05, 3.63) is 65.5 Å². The molecule has 0 aromatic heterocycles. The number of aromatic carboxylic acids is 1. The van der Waals surface area contributed by atoms with Crippen molar-refractivity contribution in [1.29, 1.82) is 0 Å². The number of carboxylic acid groups (broad SMARTS) is 2. The lowest BCUT2D eigenvalue weighted by atomic mass is 9.48. The molecule has 4 aliphatic carbocycles. The van der Waals surface area contributed by atoms with Crippen molar-refractivity contribution in [3.63, 3.8) is 0 Å². The van der Waals surface area contributed by atoms with Crippen molar-refractivity contribution >= 4 is 23.6 Å². The Labute approximate surface area is 236 Å². The molecule has 1 atom stereocenters. The fraction of sp³-hybridized carbons (Fsp3) is 0.500. The Bertz CT molecular complexity index is 1210. The number of aliphatic imine (C=N–C) groups is 1. The Morgan fingerprint density at radius 2 is 1.46 bits per heavy atom. The van der Waals surface area contributed by atoms with Gasteiger partial charge in [0.1, 0.15) is 5.82 Å². The lowest BCUT2D eigenvalue weighted by molar-refractivity contribution is -0.192. The van der Waals surface area contributed by atoms with Gasteiger partial charge in [-0.3, -0.25) is 0 Å². The van der Waals surface area contributed by atoms with Crippen molar-refractivity contribution in [2.24, 2.45) is 28.2 Å². The third-order valence-corrected chi connectivity index (χ3v) is 8.26. The van der Waals surface area contributed by atoms with Crippen molar-refractivity contribution < 1.29 is 37.4 Å². The number of carboxylic acids is 2. The molecule has 7 nitrogen and oxygen atoms in total. The number of nitrogens with zero attached hydrogens (tertiary/aromatic N) is 1. The quantitative estimate of drug-likeness (QED) is 0.165. The average molecular weight is 578 g/mol. The topological polar surface area (TPSA) is 111 Å². The van der Waals surface area contributed by atoms with E-state index in [9.17, 15) is 27.5 Å². The van der Waals surface area contributed by atoms with Crippen molar-refractivity contribution in [2.45, 2.75) is 70.6 Å². The first-order valence-corrected chi connectivity index (χ1v) is 13.8. The van der Waals surface area contributed by atoms with Gasteiger partial charge in [-0.15, -0.1) is 0 Å². The molecule has 2 aromatic rings. The summed E-state index contributed by atoms with van der Waals surface area (Å²) in [6.45, 7) is 2.66. The minimum absolute atomic E-state index is 0.249. The van der Waals surface area contributed by atoms with E-state index in [0.717, 1.165) is 35.4 Å². The van der Waals surface area contributed by atoms with E-state index in [1.54, 1.807) is 36.4 Å². The monoisotopic (exact) mass is 577 g/mol. The molecule has 4 aliphatic rings. The zero-order valence-corrected chi connectivity index (χ0v) is 22.8. The summed E-state index contributed by atoms with van der Waals surface area (Å²) in [6.07, 6.45) is 4.51. The van der Waals surface area contributed by atoms with Crippen LogP contribution >= 0.6 is 0 Å². The van der Waals surface area contributed by atoms with Gasteiger partial charge in [0.2, 0.25) is 0 Å². The second-order valence-electron chi connectivity index (χ2n) is 11.8. The largest absolute Gasteiger partial charge is 0.490 e. The first kappa shape index (κ1) is 30.3. The average Bonchev–Trinajstić information content (AvgIpc) is 2.87. The van der Waals surface area contributed by atoms with Crippen LogP contribution < -0.4 is 10.6 Å². The first-order valence-electron chi connectivity index (χ1n) is 13.8. The fourth-order valence-corrected chi connectivity index (χ4v) is 7.19. The summed E-state index contributed by atoms with van der Waals surface area (Å²) < 4.78 is 45.0. The Hall–Kier alpha value is -3.63. The molecule has 41 heavy (non-hydrogen) atoms. The van der Waals surface area contributed by atoms with E-state index in [0.29, 0.717) is 17.9 Å². The minimum Gasteiger partial charge on any atom is -0.478 e. The van der Waals surface area contributed by atoms with E-state index in [4.69, 9.17) is 14.9 Å². The maximum absolute atomic E-state index is 13.3. The number of hydrogen-bond acceptors (Lipinski definition) is 3. The highest BCUT2D eigenvalue weighted by Crippen LogP contribution is 2.61. The van der Waals surface area contributed by atoms with E-state index in [-0.39, 0.29) is 17.4 Å². The molecule has 0 heterocycles. The molecule has 222 valence electrons. The highest BCUT2D eigenvalue weighted by atomic mass is 19.4. The summed E-state index contributed by atoms with van der Waals surface area (Å²) in [6, 6.07) is 13.3. The van der Waals surface area contributed by atoms with Crippen molar-refractivity contribution in [2.75, 3.05) is 5.32 Å². The van der Waals surface area contributed by atoms with Crippen molar-refractivity contribution in [3.8, 4) is 0 Å². The number of alkyl halides is 3. The molecule has 4 saturated carbocycles. The highest BCUT2D eigenvalue weighted by molar-refractivity contribution is 5.94. The molecular formula is C30H35F4N3O4. The van der Waals surface area contributed by atoms with Crippen LogP contribution in [0.1, 0.15) is 67.8 Å². The van der Waals surface area contributed by atoms with Gasteiger partial charge in [0, 0.05) is 11.7 Å². The summed E-state index contributed by atoms with van der Waals surface area (Å²) in [4.78, 5) is 24.8. The number of rotatable bonds is 7. The maximum Gasteiger partial charge on any atom is 0.490 e. The van der Waals surface area contributed by atoms with Crippen LogP contribution in [-0.2, 0) is 11.3 Å². The lowest BCUT2D eigenvalue weighted by Gasteiger charge is -2.57. The SMILES string of the molecule is CC(CC12CC3CC(CC(C3)C1)C2)NC(=NCc1ccc(F)cc1)Nc1ccc(C(=O)O)cc1.O=C(O)C(F)(F)F. The van der Waals surface area contributed by atoms with Gasteiger partial charge >= 0.3 is 18.1 Å². The van der Waals surface area contributed by atoms with Crippen LogP contribution in [0.5, 0.6) is 0 Å². The first-order chi connectivity index (χ1) is 19.3. The number of anilines is 1. The summed E-state index contributed by atoms with van der Waals surface area (Å²) in [7, 11) is 0. The zero-order valence-electron chi connectivity index (χ0n) is 22.8. The fourth-order valence-electron chi connectivity index (χ4n) is 7.19. The second-order valence-corrected chi connectivity index (χ2v) is 11.8. The van der Waals surface area contributed by atoms with E-state index in [1.165, 1.54) is 50.7 Å². The van der Waals surface area contributed by atoms with Crippen LogP contribution in [0.4, 0.5) is 23.2 Å². The highest BCUT2D eigenvalue weighted by Gasteiger charge is 2.51. The van der Waals surface area contributed by atoms with Gasteiger partial charge in [-0.1, -0.05) is 12.1 Å². The van der Waals surface area contributed by atoms with Gasteiger partial charge < -0.3 is 20.8 Å². The van der Waals surface area contributed by atoms with E-state index in [1.807, 2.05) is 0 Å². The second kappa shape index (κ2) is 12.5. The van der Waals surface area contributed by atoms with Gasteiger partial charge in [0.05, 0.1) is 12.1 Å². The van der Waals surface area contributed by atoms with E-state index >= 15 is 0 Å². The zero-order chi connectivity index (χ0) is 29.8. The number of aliphatic carboxylic acids is 1. The summed E-state index contributed by atoms with van der Waals surface area (Å²) in [5, 5.41) is 23.2. The Balaban J connectivity index is 0.000000493. The molecule has 0 spiro atoms. The maximum atomic E-state index is 13.3. The van der Waals surface area contributed by atoms with Crippen LogP contribution in [-0.4, -0.2) is 40.3 Å². The van der Waals surface area contributed by atoms with Crippen LogP contribution in [0.3, 0.4) is 0 Å². The Morgan fingerprint density at radius 1 is 0.951 bits per heavy atom. The third kappa shape index (κ3) is 8.43. The van der Waals surface area contributed by atoms with E-state index in [2.05, 4.69) is 17.6 Å². The molecule has 2 aromatic carbocycles. The van der Waals surface area contributed by atoms with Gasteiger partial charge in [-0.25, -0.2) is 19.0 Å². The molecule has 4 N–H and O–H groups in total. The molecule has 11 heteroatoms. The summed E-state index contributed by atoms with van der Waals surface area (Å²) in [5.41, 5.74) is 2.42. The number of halogens is 4. The Morgan fingerprint density at radius 3 is 1.93 bits per heavy atom. The van der Waals surface area contributed by atoms with Gasteiger partial charge in [0.25, 0.3) is 0 Å². The molecule has 4 fully saturated rings. The summed E-state index contributed by atoms with van der Waals surface area (Å²) in [5.74, 6) is -0.522. The molecule has 0 saturated heterocycles. The van der Waals surface area contributed by atoms with E-state index < -0.39 is 18.1 Å². The van der Waals surface area contributed by atoms with Crippen LogP contribution in [0.25, 0.3) is 0 Å². The number of hydrogen-bond donors (Lipinski definition) is 4. The Kier molecular flexibility index (Phi) is 9.24. The lowest BCUT2D eigenvalue weighted by Crippen LogP contribution is -2.49. The smallest absolute Gasteiger partial charge is 0.478 e. The predicted octanol–water partition coefficient (Wildman–Crippen LogP) is 6.71. The molecule has 0 aliphatic heterocycles. The third-order valence-electron chi connectivity index (χ3n) is 8.26. The number of carbonyl (C=O) groups is 2. The van der Waals surface area contributed by atoms with Crippen LogP contribution in [0.15, 0.2) is 53.5 Å².